The Balaban J connectivity index is 1.35. The Morgan fingerprint density at radius 3 is 2.00 bits per heavy atom. The third-order valence-electron chi connectivity index (χ3n) is 10.6. The normalized spacial score (nSPS) is 12.9. The van der Waals surface area contributed by atoms with Gasteiger partial charge >= 0.3 is 0 Å². The van der Waals surface area contributed by atoms with Gasteiger partial charge in [0.1, 0.15) is 17.1 Å². The lowest BCUT2D eigenvalue weighted by atomic mass is 9.98. The zero-order valence-electron chi connectivity index (χ0n) is 26.2. The predicted molar refractivity (Wildman–Crippen MR) is 204 cm³/mol. The number of hydrogen-bond donors (Lipinski definition) is 0. The molecule has 4 heteroatoms. The molecule has 0 bridgehead atoms. The highest BCUT2D eigenvalue weighted by Gasteiger charge is 2.34. The molecule has 0 saturated carbocycles. The second-order valence-electron chi connectivity index (χ2n) is 13.1. The highest BCUT2D eigenvalue weighted by Crippen LogP contribution is 2.55. The summed E-state index contributed by atoms with van der Waals surface area (Å²) in [5, 5.41) is 12.9. The van der Waals surface area contributed by atoms with Crippen LogP contribution in [-0.4, -0.2) is 9.55 Å². The van der Waals surface area contributed by atoms with Gasteiger partial charge < -0.3 is 8.98 Å². The molecule has 1 aliphatic rings. The third kappa shape index (κ3) is 3.16. The molecule has 0 atom stereocenters. The lowest BCUT2D eigenvalue weighted by molar-refractivity contribution is 0.669. The van der Waals surface area contributed by atoms with E-state index in [2.05, 4.69) is 161 Å². The Hall–Kier alpha value is -6.65. The van der Waals surface area contributed by atoms with E-state index in [1.807, 2.05) is 0 Å². The minimum atomic E-state index is 0.854. The first-order chi connectivity index (χ1) is 24.3. The molecule has 0 spiro atoms. The van der Waals surface area contributed by atoms with E-state index >= 15 is 0 Å². The van der Waals surface area contributed by atoms with Gasteiger partial charge in [0.05, 0.1) is 27.9 Å². The Kier molecular flexibility index (Phi) is 4.69. The first-order valence-corrected chi connectivity index (χ1v) is 16.7. The van der Waals surface area contributed by atoms with Crippen LogP contribution in [0.5, 0.6) is 0 Å². The van der Waals surface area contributed by atoms with Crippen molar-refractivity contribution in [2.24, 2.45) is 0 Å². The van der Waals surface area contributed by atoms with E-state index < -0.39 is 0 Å². The molecule has 4 nitrogen and oxygen atoms in total. The van der Waals surface area contributed by atoms with Gasteiger partial charge in [0.2, 0.25) is 0 Å². The van der Waals surface area contributed by atoms with E-state index in [1.165, 1.54) is 48.7 Å². The van der Waals surface area contributed by atoms with Crippen LogP contribution in [0.1, 0.15) is 0 Å². The number of furan rings is 1. The summed E-state index contributed by atoms with van der Waals surface area (Å²) >= 11 is 0. The van der Waals surface area contributed by atoms with Crippen molar-refractivity contribution in [3.8, 4) is 5.69 Å². The lowest BCUT2D eigenvalue weighted by Gasteiger charge is -2.33. The molecule has 8 aromatic carbocycles. The minimum absolute atomic E-state index is 0.854. The number of benzene rings is 8. The number of pyridine rings is 1. The Morgan fingerprint density at radius 1 is 0.469 bits per heavy atom. The summed E-state index contributed by atoms with van der Waals surface area (Å²) in [6, 6.07) is 54.4. The number of nitrogens with zero attached hydrogens (tertiary/aromatic N) is 3. The Labute approximate surface area is 279 Å². The second-order valence-corrected chi connectivity index (χ2v) is 13.1. The lowest BCUT2D eigenvalue weighted by Crippen LogP contribution is -2.20. The number of para-hydroxylation sites is 2. The molecule has 1 aliphatic heterocycles. The largest absolute Gasteiger partial charge is 0.454 e. The summed E-state index contributed by atoms with van der Waals surface area (Å²) < 4.78 is 9.47. The third-order valence-corrected chi connectivity index (χ3v) is 10.6. The van der Waals surface area contributed by atoms with E-state index in [4.69, 9.17) is 9.40 Å². The van der Waals surface area contributed by atoms with Crippen molar-refractivity contribution in [2.75, 3.05) is 4.90 Å². The average molecular weight is 624 g/mol. The SMILES string of the molecule is c1ccc2c(c1)ccc1oc3c4c(ccc3c12)-n1c2ccccc2c2c3ccccc3cc(c21)N4c1nc2ccccc2c2ccccc12. The van der Waals surface area contributed by atoms with Crippen molar-refractivity contribution in [1.82, 2.24) is 9.55 Å². The van der Waals surface area contributed by atoms with Crippen molar-refractivity contribution in [2.45, 2.75) is 0 Å². The molecule has 226 valence electrons. The second kappa shape index (κ2) is 9.03. The van der Waals surface area contributed by atoms with Crippen molar-refractivity contribution < 1.29 is 4.42 Å². The number of aromatic nitrogens is 2. The molecule has 0 fully saturated rings. The van der Waals surface area contributed by atoms with Gasteiger partial charge in [-0.05, 0) is 63.3 Å². The predicted octanol–water partition coefficient (Wildman–Crippen LogP) is 12.5. The van der Waals surface area contributed by atoms with Gasteiger partial charge in [-0.25, -0.2) is 4.98 Å². The van der Waals surface area contributed by atoms with E-state index in [9.17, 15) is 0 Å². The van der Waals surface area contributed by atoms with E-state index in [-0.39, 0.29) is 0 Å². The Morgan fingerprint density at radius 2 is 1.14 bits per heavy atom. The molecule has 0 N–H and O–H groups in total. The molecule has 0 amide bonds. The number of hydrogen-bond acceptors (Lipinski definition) is 3. The van der Waals surface area contributed by atoms with Crippen LogP contribution in [0.15, 0.2) is 156 Å². The highest BCUT2D eigenvalue weighted by atomic mass is 16.3. The first kappa shape index (κ1) is 25.4. The minimum Gasteiger partial charge on any atom is -0.454 e. The molecule has 49 heavy (non-hydrogen) atoms. The summed E-state index contributed by atoms with van der Waals surface area (Å²) in [7, 11) is 0. The van der Waals surface area contributed by atoms with Gasteiger partial charge in [0.25, 0.3) is 0 Å². The summed E-state index contributed by atoms with van der Waals surface area (Å²) in [5.41, 5.74) is 8.20. The molecule has 11 aromatic rings. The fourth-order valence-electron chi connectivity index (χ4n) is 8.62. The van der Waals surface area contributed by atoms with Crippen LogP contribution >= 0.6 is 0 Å². The number of anilines is 3. The Bertz CT molecular complexity index is 3240. The number of fused-ring (bicyclic) bond motifs is 16. The zero-order valence-corrected chi connectivity index (χ0v) is 26.2. The van der Waals surface area contributed by atoms with Crippen molar-refractivity contribution in [3.63, 3.8) is 0 Å². The van der Waals surface area contributed by atoms with Gasteiger partial charge in [0, 0.05) is 32.3 Å². The molecule has 3 aromatic heterocycles. The molecule has 0 saturated heterocycles. The maximum atomic E-state index is 7.01. The monoisotopic (exact) mass is 623 g/mol. The standard InChI is InChI=1S/C45H25N3O/c1-3-13-28-26(11-1)21-24-39-40(28)34-22-23-37-43(44(34)49-39)48(45-32-17-6-5-15-30(32)31-16-7-9-19-35(31)46-45)38-25-27-12-2-4-14-29(27)41-33-18-8-10-20-36(33)47(37)42(38)41/h1-25H. The quantitative estimate of drug-likeness (QED) is 0.171. The molecule has 12 rings (SSSR count). The maximum Gasteiger partial charge on any atom is 0.161 e. The van der Waals surface area contributed by atoms with Crippen LogP contribution in [0, 0.1) is 0 Å². The van der Waals surface area contributed by atoms with Gasteiger partial charge in [-0.2, -0.15) is 0 Å². The topological polar surface area (TPSA) is 34.2 Å². The average Bonchev–Trinajstić information content (AvgIpc) is 3.72. The van der Waals surface area contributed by atoms with Gasteiger partial charge in [0.15, 0.2) is 5.58 Å². The molecule has 0 unspecified atom stereocenters. The van der Waals surface area contributed by atoms with Crippen LogP contribution in [0.2, 0.25) is 0 Å². The molecule has 4 heterocycles. The first-order valence-electron chi connectivity index (χ1n) is 16.7. The fraction of sp³-hybridized carbons (Fsp3) is 0. The van der Waals surface area contributed by atoms with E-state index in [1.54, 1.807) is 0 Å². The molecule has 0 radical (unpaired) electrons. The zero-order chi connectivity index (χ0) is 31.8. The van der Waals surface area contributed by atoms with Gasteiger partial charge in [-0.3, -0.25) is 4.90 Å². The van der Waals surface area contributed by atoms with Crippen LogP contribution in [0.25, 0.3) is 92.7 Å². The molecular formula is C45H25N3O. The van der Waals surface area contributed by atoms with E-state index in [0.29, 0.717) is 0 Å². The van der Waals surface area contributed by atoms with E-state index in [0.717, 1.165) is 61.1 Å². The highest BCUT2D eigenvalue weighted by molar-refractivity contribution is 6.29. The summed E-state index contributed by atoms with van der Waals surface area (Å²) in [6.45, 7) is 0. The maximum absolute atomic E-state index is 7.01. The van der Waals surface area contributed by atoms with Gasteiger partial charge in [-0.15, -0.1) is 0 Å². The number of rotatable bonds is 1. The van der Waals surface area contributed by atoms with Gasteiger partial charge in [-0.1, -0.05) is 115 Å². The van der Waals surface area contributed by atoms with Crippen molar-refractivity contribution >= 4 is 104 Å². The summed E-state index contributed by atoms with van der Waals surface area (Å²) in [4.78, 5) is 7.90. The molecule has 0 aliphatic carbocycles. The van der Waals surface area contributed by atoms with Crippen LogP contribution < -0.4 is 4.90 Å². The van der Waals surface area contributed by atoms with Crippen LogP contribution in [-0.2, 0) is 0 Å². The van der Waals surface area contributed by atoms with Crippen molar-refractivity contribution in [1.29, 1.82) is 0 Å². The van der Waals surface area contributed by atoms with Crippen LogP contribution in [0.3, 0.4) is 0 Å². The summed E-state index contributed by atoms with van der Waals surface area (Å²) in [5.74, 6) is 0.890. The molecular weight excluding hydrogens is 599 g/mol. The van der Waals surface area contributed by atoms with Crippen molar-refractivity contribution in [3.05, 3.63) is 152 Å². The smallest absolute Gasteiger partial charge is 0.161 e. The summed E-state index contributed by atoms with van der Waals surface area (Å²) in [6.07, 6.45) is 0. The van der Waals surface area contributed by atoms with Crippen LogP contribution in [0.4, 0.5) is 17.2 Å². The fourth-order valence-corrected chi connectivity index (χ4v) is 8.62.